The van der Waals surface area contributed by atoms with E-state index in [2.05, 4.69) is 9.47 Å². The molecule has 6 rings (SSSR count). The van der Waals surface area contributed by atoms with Crippen LogP contribution in [-0.2, 0) is 20.2 Å². The summed E-state index contributed by atoms with van der Waals surface area (Å²) in [7, 11) is -11.7. The van der Waals surface area contributed by atoms with Crippen LogP contribution in [-0.4, -0.2) is 25.9 Å². The summed E-state index contributed by atoms with van der Waals surface area (Å²) in [6.07, 6.45) is 0. The molecule has 6 aromatic rings. The van der Waals surface area contributed by atoms with Crippen LogP contribution in [0.1, 0.15) is 0 Å². The summed E-state index contributed by atoms with van der Waals surface area (Å²) in [5.74, 6) is -61.1. The highest BCUT2D eigenvalue weighted by molar-refractivity contribution is 7.86. The van der Waals surface area contributed by atoms with Gasteiger partial charge in [-0.15, -0.1) is 0 Å². The van der Waals surface area contributed by atoms with E-state index in [0.717, 1.165) is 0 Å². The lowest BCUT2D eigenvalue weighted by molar-refractivity contribution is 0.358. The van der Waals surface area contributed by atoms with Crippen molar-refractivity contribution < 1.29 is 114 Å². The minimum absolute atomic E-state index is 0.0729. The molecule has 0 bridgehead atoms. The van der Waals surface area contributed by atoms with Gasteiger partial charge in [-0.3, -0.25) is 9.11 Å². The van der Waals surface area contributed by atoms with E-state index in [0.29, 0.717) is 0 Å². The van der Waals surface area contributed by atoms with Gasteiger partial charge in [-0.25, -0.2) is 61.5 Å². The third kappa shape index (κ3) is 7.04. The van der Waals surface area contributed by atoms with Crippen LogP contribution in [0.3, 0.4) is 0 Å². The molecule has 0 radical (unpaired) electrons. The van der Waals surface area contributed by atoms with Crippen molar-refractivity contribution in [3.63, 3.8) is 0 Å². The predicted molar refractivity (Wildman–Crippen MR) is 167 cm³/mol. The molecule has 0 amide bonds. The Kier molecular flexibility index (Phi) is 11.2. The Morgan fingerprint density at radius 2 is 0.500 bits per heavy atom. The zero-order valence-electron chi connectivity index (χ0n) is 28.3. The molecule has 0 unspecified atom stereocenters. The molecular weight excluding hydrogens is 942 g/mol. The van der Waals surface area contributed by atoms with Crippen LogP contribution in [0.2, 0.25) is 0 Å². The third-order valence-electron chi connectivity index (χ3n) is 8.31. The Balaban J connectivity index is 1.56. The van der Waals surface area contributed by atoms with Gasteiger partial charge in [0.25, 0.3) is 20.2 Å². The van der Waals surface area contributed by atoms with Crippen LogP contribution < -0.4 is 9.47 Å². The number of halogens is 18. The third-order valence-corrected chi connectivity index (χ3v) is 10.1. The summed E-state index contributed by atoms with van der Waals surface area (Å²) in [6.45, 7) is 0. The van der Waals surface area contributed by atoms with Crippen molar-refractivity contribution in [1.29, 1.82) is 0 Å². The molecule has 0 fully saturated rings. The molecule has 328 valence electrons. The van der Waals surface area contributed by atoms with Gasteiger partial charge < -0.3 is 9.47 Å². The van der Waals surface area contributed by atoms with Crippen molar-refractivity contribution >= 4 is 31.0 Å². The first kappa shape index (κ1) is 45.3. The average molecular weight is 949 g/mol. The van der Waals surface area contributed by atoms with Crippen LogP contribution >= 0.6 is 0 Å². The highest BCUT2D eigenvalue weighted by Gasteiger charge is 2.38. The van der Waals surface area contributed by atoms with E-state index in [1.807, 2.05) is 0 Å². The molecule has 62 heavy (non-hydrogen) atoms. The molecule has 28 heteroatoms. The Bertz CT molecular complexity index is 2910. The van der Waals surface area contributed by atoms with Crippen LogP contribution in [0.4, 0.5) is 79.0 Å². The van der Waals surface area contributed by atoms with E-state index in [4.69, 9.17) is 0 Å². The van der Waals surface area contributed by atoms with Crippen LogP contribution in [0.25, 0.3) is 33.0 Å². The second-order valence-electron chi connectivity index (χ2n) is 11.9. The summed E-state index contributed by atoms with van der Waals surface area (Å²) in [4.78, 5) is -3.51. The van der Waals surface area contributed by atoms with Crippen LogP contribution in [0, 0.1) is 105 Å². The Morgan fingerprint density at radius 1 is 0.306 bits per heavy atom. The number of fused-ring (bicyclic) bond motifs is 1. The van der Waals surface area contributed by atoms with Gasteiger partial charge in [-0.2, -0.15) is 34.4 Å². The van der Waals surface area contributed by atoms with E-state index in [1.54, 1.807) is 0 Å². The van der Waals surface area contributed by atoms with Crippen molar-refractivity contribution in [2.75, 3.05) is 0 Å². The van der Waals surface area contributed by atoms with Gasteiger partial charge in [0.05, 0.1) is 22.3 Å². The molecule has 0 aliphatic carbocycles. The van der Waals surface area contributed by atoms with Gasteiger partial charge in [0.1, 0.15) is 21.3 Å². The fraction of sp³-hybridized carbons (Fsp3) is 0. The number of rotatable bonds is 8. The lowest BCUT2D eigenvalue weighted by Gasteiger charge is -2.17. The molecular formula is C34H6F18O8S2. The van der Waals surface area contributed by atoms with Gasteiger partial charge >= 0.3 is 0 Å². The quantitative estimate of drug-likeness (QED) is 0.0668. The Labute approximate surface area is 329 Å². The maximum absolute atomic E-state index is 15.3. The van der Waals surface area contributed by atoms with Crippen molar-refractivity contribution in [2.45, 2.75) is 9.79 Å². The predicted octanol–water partition coefficient (Wildman–Crippen LogP) is 10.8. The summed E-state index contributed by atoms with van der Waals surface area (Å²) in [5.41, 5.74) is -10.3. The normalized spacial score (nSPS) is 12.1. The van der Waals surface area contributed by atoms with Crippen LogP contribution in [0.15, 0.2) is 34.1 Å². The first-order chi connectivity index (χ1) is 28.5. The lowest BCUT2D eigenvalue weighted by Crippen LogP contribution is -2.10. The minimum Gasteiger partial charge on any atom is -0.449 e. The van der Waals surface area contributed by atoms with Gasteiger partial charge in [0, 0.05) is 0 Å². The average Bonchev–Trinajstić information content (AvgIpc) is 3.20. The van der Waals surface area contributed by atoms with E-state index in [9.17, 15) is 69.8 Å². The lowest BCUT2D eigenvalue weighted by atomic mass is 10.0. The molecule has 0 spiro atoms. The minimum atomic E-state index is -5.86. The summed E-state index contributed by atoms with van der Waals surface area (Å²) in [6, 6.07) is 0.324. The largest absolute Gasteiger partial charge is 0.449 e. The van der Waals surface area contributed by atoms with Crippen molar-refractivity contribution in [2.24, 2.45) is 0 Å². The highest BCUT2D eigenvalue weighted by atomic mass is 32.2. The van der Waals surface area contributed by atoms with Crippen molar-refractivity contribution in [3.8, 4) is 45.3 Å². The van der Waals surface area contributed by atoms with Crippen LogP contribution in [0.5, 0.6) is 23.0 Å². The maximum atomic E-state index is 15.3. The van der Waals surface area contributed by atoms with Crippen molar-refractivity contribution in [1.82, 2.24) is 0 Å². The second kappa shape index (κ2) is 15.3. The summed E-state index contributed by atoms with van der Waals surface area (Å²) < 4.78 is 339. The van der Waals surface area contributed by atoms with Gasteiger partial charge in [0.15, 0.2) is 69.8 Å². The maximum Gasteiger partial charge on any atom is 0.298 e. The molecule has 0 aliphatic heterocycles. The molecule has 2 N–H and O–H groups in total. The van der Waals surface area contributed by atoms with E-state index in [-0.39, 0.29) is 24.3 Å². The monoisotopic (exact) mass is 948 g/mol. The van der Waals surface area contributed by atoms with E-state index in [1.165, 1.54) is 0 Å². The second-order valence-corrected chi connectivity index (χ2v) is 14.7. The summed E-state index contributed by atoms with van der Waals surface area (Å²) >= 11 is 0. The molecule has 0 saturated carbocycles. The Hall–Kier alpha value is -6.26. The standard InChI is InChI=1S/C34H6F18O8S2/c35-15-11(16(36)24(44)27(47)23(15)43)13-19(39)29(49)33(30(50)20(13)40)59-7-1-5-2-8(10(62(56,57)58)4-6(5)3-9(7)61(53,54)55)60-34-31(51)21(41)14(22(42)32(34)52)12-17(37)25(45)28(48)26(46)18(12)38/h1-4H,(H,53,54,55)(H,56,57,58). The first-order valence-corrected chi connectivity index (χ1v) is 18.1. The molecule has 0 aliphatic rings. The molecule has 0 heterocycles. The number of ether oxygens (including phenoxy) is 2. The number of hydrogen-bond donors (Lipinski definition) is 2. The smallest absolute Gasteiger partial charge is 0.298 e. The van der Waals surface area contributed by atoms with E-state index < -0.39 is 191 Å². The number of hydrogen-bond acceptors (Lipinski definition) is 6. The van der Waals surface area contributed by atoms with E-state index >= 15 is 35.1 Å². The SMILES string of the molecule is O=S(=O)(O)c1cc2cc(S(=O)(=O)O)c(Oc3c(F)c(F)c(-c4c(F)c(F)c(F)c(F)c4F)c(F)c3F)cc2cc1Oc1c(F)c(F)c(-c2c(F)c(F)c(F)c(F)c2F)c(F)c1F. The van der Waals surface area contributed by atoms with Gasteiger partial charge in [0.2, 0.25) is 46.4 Å². The first-order valence-electron chi connectivity index (χ1n) is 15.2. The van der Waals surface area contributed by atoms with Crippen molar-refractivity contribution in [3.05, 3.63) is 129 Å². The van der Waals surface area contributed by atoms with Gasteiger partial charge in [-0.05, 0) is 35.0 Å². The topological polar surface area (TPSA) is 127 Å². The molecule has 6 aromatic carbocycles. The summed E-state index contributed by atoms with van der Waals surface area (Å²) in [5, 5.41) is -1.88. The fourth-order valence-corrected chi connectivity index (χ4v) is 6.80. The molecule has 0 aromatic heterocycles. The molecule has 0 atom stereocenters. The Morgan fingerprint density at radius 3 is 0.726 bits per heavy atom. The number of benzene rings is 6. The van der Waals surface area contributed by atoms with Gasteiger partial charge in [-0.1, -0.05) is 0 Å². The fourth-order valence-electron chi connectivity index (χ4n) is 5.54. The zero-order chi connectivity index (χ0) is 46.6. The highest BCUT2D eigenvalue weighted by Crippen LogP contribution is 2.46. The molecule has 0 saturated heterocycles. The zero-order valence-corrected chi connectivity index (χ0v) is 29.9. The molecule has 8 nitrogen and oxygen atoms in total.